The van der Waals surface area contributed by atoms with Crippen molar-refractivity contribution in [3.63, 3.8) is 0 Å². The van der Waals surface area contributed by atoms with Gasteiger partial charge in [0.25, 0.3) is 0 Å². The highest BCUT2D eigenvalue weighted by atomic mass is 32.2. The van der Waals surface area contributed by atoms with Crippen molar-refractivity contribution in [1.29, 1.82) is 0 Å². The van der Waals surface area contributed by atoms with E-state index in [1.54, 1.807) is 0 Å². The molecule has 1 fully saturated rings. The Morgan fingerprint density at radius 2 is 1.67 bits per heavy atom. The van der Waals surface area contributed by atoms with E-state index in [0.29, 0.717) is 0 Å². The van der Waals surface area contributed by atoms with Gasteiger partial charge < -0.3 is 10.0 Å². The van der Waals surface area contributed by atoms with Gasteiger partial charge in [0.05, 0.1) is 17.9 Å². The van der Waals surface area contributed by atoms with Crippen LogP contribution in [0.4, 0.5) is 0 Å². The Bertz CT molecular complexity index is 347. The summed E-state index contributed by atoms with van der Waals surface area (Å²) in [6.45, 7) is 0.363. The summed E-state index contributed by atoms with van der Waals surface area (Å²) >= 11 is 0. The van der Waals surface area contributed by atoms with Crippen LogP contribution in [0.25, 0.3) is 0 Å². The monoisotopic (exact) mass is 235 g/mol. The molecule has 1 aliphatic rings. The Kier molecular flexibility index (Phi) is 3.67. The Hall–Kier alpha value is -1.11. The molecule has 0 aliphatic carbocycles. The smallest absolute Gasteiger partial charge is 0.303 e. The van der Waals surface area contributed by atoms with Crippen LogP contribution in [0.1, 0.15) is 12.8 Å². The average Bonchev–Trinajstić information content (AvgIpc) is 2.14. The highest BCUT2D eigenvalue weighted by molar-refractivity contribution is 7.91. The van der Waals surface area contributed by atoms with E-state index in [4.69, 9.17) is 5.11 Å². The van der Waals surface area contributed by atoms with Crippen LogP contribution in [0.5, 0.6) is 0 Å². The van der Waals surface area contributed by atoms with Gasteiger partial charge in [-0.15, -0.1) is 0 Å². The molecule has 0 saturated carbocycles. The number of carboxylic acid groups (broad SMARTS) is 1. The number of hydrogen-bond donors (Lipinski definition) is 1. The Morgan fingerprint density at radius 1 is 1.13 bits per heavy atom. The average molecular weight is 235 g/mol. The van der Waals surface area contributed by atoms with Gasteiger partial charge in [-0.1, -0.05) is 0 Å². The molecule has 1 heterocycles. The van der Waals surface area contributed by atoms with Crippen molar-refractivity contribution in [2.45, 2.75) is 12.8 Å². The van der Waals surface area contributed by atoms with Gasteiger partial charge in [0.2, 0.25) is 5.91 Å². The minimum atomic E-state index is -2.99. The first-order valence-electron chi connectivity index (χ1n) is 4.61. The van der Waals surface area contributed by atoms with E-state index < -0.39 is 15.8 Å². The number of carboxylic acids is 1. The standard InChI is InChI=1S/C8H13NO5S/c10-7(1-2-8(11)12)9-3-5-15(13,14)6-4-9/h1-6H2,(H,11,12). The lowest BCUT2D eigenvalue weighted by molar-refractivity contribution is -0.140. The van der Waals surface area contributed by atoms with Crippen LogP contribution in [0.15, 0.2) is 0 Å². The Morgan fingerprint density at radius 3 is 2.13 bits per heavy atom. The zero-order valence-electron chi connectivity index (χ0n) is 8.18. The maximum atomic E-state index is 11.4. The fourth-order valence-electron chi connectivity index (χ4n) is 1.33. The molecule has 0 aromatic heterocycles. The van der Waals surface area contributed by atoms with Gasteiger partial charge in [-0.3, -0.25) is 9.59 Å². The van der Waals surface area contributed by atoms with Crippen molar-refractivity contribution in [2.75, 3.05) is 24.6 Å². The zero-order chi connectivity index (χ0) is 11.5. The van der Waals surface area contributed by atoms with Crippen molar-refractivity contribution in [2.24, 2.45) is 0 Å². The molecular weight excluding hydrogens is 222 g/mol. The molecule has 0 radical (unpaired) electrons. The highest BCUT2D eigenvalue weighted by Gasteiger charge is 2.24. The molecule has 0 unspecified atom stereocenters. The molecule has 1 rings (SSSR count). The number of sulfone groups is 1. The molecule has 0 atom stereocenters. The number of nitrogens with zero attached hydrogens (tertiary/aromatic N) is 1. The third-order valence-corrected chi connectivity index (χ3v) is 3.86. The third-order valence-electron chi connectivity index (χ3n) is 2.25. The number of carbonyl (C=O) groups is 2. The van der Waals surface area contributed by atoms with Crippen LogP contribution in [-0.4, -0.2) is 54.9 Å². The molecule has 0 bridgehead atoms. The molecule has 1 aliphatic heterocycles. The molecule has 0 aromatic rings. The predicted molar refractivity (Wildman–Crippen MR) is 52.1 cm³/mol. The Labute approximate surface area is 87.8 Å². The quantitative estimate of drug-likeness (QED) is 0.685. The summed E-state index contributed by atoms with van der Waals surface area (Å²) in [6, 6.07) is 0. The summed E-state index contributed by atoms with van der Waals surface area (Å²) in [5.74, 6) is -1.35. The minimum Gasteiger partial charge on any atom is -0.481 e. The molecule has 7 heteroatoms. The van der Waals surface area contributed by atoms with Crippen LogP contribution >= 0.6 is 0 Å². The summed E-state index contributed by atoms with van der Waals surface area (Å²) in [5, 5.41) is 8.38. The maximum Gasteiger partial charge on any atom is 0.303 e. The summed E-state index contributed by atoms with van der Waals surface area (Å²) in [6.07, 6.45) is -0.266. The fraction of sp³-hybridized carbons (Fsp3) is 0.750. The van der Waals surface area contributed by atoms with Crippen LogP contribution in [-0.2, 0) is 19.4 Å². The molecule has 1 amide bonds. The number of amides is 1. The van der Waals surface area contributed by atoms with Gasteiger partial charge in [0.15, 0.2) is 9.84 Å². The zero-order valence-corrected chi connectivity index (χ0v) is 8.99. The van der Waals surface area contributed by atoms with Crippen molar-refractivity contribution in [1.82, 2.24) is 4.90 Å². The molecule has 1 saturated heterocycles. The van der Waals surface area contributed by atoms with Gasteiger partial charge in [-0.2, -0.15) is 0 Å². The van der Waals surface area contributed by atoms with E-state index in [1.165, 1.54) is 4.90 Å². The largest absolute Gasteiger partial charge is 0.481 e. The lowest BCUT2D eigenvalue weighted by Crippen LogP contribution is -2.43. The highest BCUT2D eigenvalue weighted by Crippen LogP contribution is 2.06. The summed E-state index contributed by atoms with van der Waals surface area (Å²) in [7, 11) is -2.99. The first kappa shape index (κ1) is 12.0. The van der Waals surface area contributed by atoms with E-state index in [2.05, 4.69) is 0 Å². The van der Waals surface area contributed by atoms with E-state index in [0.717, 1.165) is 0 Å². The van der Waals surface area contributed by atoms with Gasteiger partial charge in [-0.05, 0) is 0 Å². The second-order valence-electron chi connectivity index (χ2n) is 3.43. The second-order valence-corrected chi connectivity index (χ2v) is 5.73. The summed E-state index contributed by atoms with van der Waals surface area (Å²) in [4.78, 5) is 23.0. The van der Waals surface area contributed by atoms with Crippen molar-refractivity contribution >= 4 is 21.7 Å². The van der Waals surface area contributed by atoms with Crippen LogP contribution in [0.3, 0.4) is 0 Å². The fourth-order valence-corrected chi connectivity index (χ4v) is 2.54. The maximum absolute atomic E-state index is 11.4. The van der Waals surface area contributed by atoms with Gasteiger partial charge >= 0.3 is 5.97 Å². The first-order chi connectivity index (χ1) is 6.91. The molecule has 0 aromatic carbocycles. The number of aliphatic carboxylic acids is 1. The molecule has 6 nitrogen and oxygen atoms in total. The van der Waals surface area contributed by atoms with Crippen LogP contribution in [0, 0.1) is 0 Å². The molecule has 1 N–H and O–H groups in total. The minimum absolute atomic E-state index is 0.0220. The SMILES string of the molecule is O=C(O)CCC(=O)N1CCS(=O)(=O)CC1. The van der Waals surface area contributed by atoms with Crippen molar-refractivity contribution in [3.05, 3.63) is 0 Å². The molecule has 15 heavy (non-hydrogen) atoms. The van der Waals surface area contributed by atoms with Gasteiger partial charge in [-0.25, -0.2) is 8.42 Å². The van der Waals surface area contributed by atoms with E-state index in [-0.39, 0.29) is 43.3 Å². The Balaban J connectivity index is 2.40. The molecule has 86 valence electrons. The van der Waals surface area contributed by atoms with Crippen LogP contribution < -0.4 is 0 Å². The molecular formula is C8H13NO5S. The number of hydrogen-bond acceptors (Lipinski definition) is 4. The van der Waals surface area contributed by atoms with Gasteiger partial charge in [0, 0.05) is 19.5 Å². The van der Waals surface area contributed by atoms with E-state index in [1.807, 2.05) is 0 Å². The first-order valence-corrected chi connectivity index (χ1v) is 6.43. The van der Waals surface area contributed by atoms with Crippen molar-refractivity contribution in [3.8, 4) is 0 Å². The van der Waals surface area contributed by atoms with Gasteiger partial charge in [0.1, 0.15) is 0 Å². The topological polar surface area (TPSA) is 91.8 Å². The third kappa shape index (κ3) is 3.86. The molecule has 0 spiro atoms. The lowest BCUT2D eigenvalue weighted by Gasteiger charge is -2.26. The summed E-state index contributed by atoms with van der Waals surface area (Å²) in [5.41, 5.74) is 0. The second kappa shape index (κ2) is 4.61. The van der Waals surface area contributed by atoms with Crippen molar-refractivity contribution < 1.29 is 23.1 Å². The number of rotatable bonds is 3. The number of carbonyl (C=O) groups excluding carboxylic acids is 1. The lowest BCUT2D eigenvalue weighted by atomic mass is 10.3. The van der Waals surface area contributed by atoms with Crippen LogP contribution in [0.2, 0.25) is 0 Å². The predicted octanol–water partition coefficient (Wildman–Crippen LogP) is -0.892. The van der Waals surface area contributed by atoms with E-state index >= 15 is 0 Å². The summed E-state index contributed by atoms with van der Waals surface area (Å²) < 4.78 is 22.1. The normalized spacial score (nSPS) is 19.9. The van der Waals surface area contributed by atoms with E-state index in [9.17, 15) is 18.0 Å².